The summed E-state index contributed by atoms with van der Waals surface area (Å²) in [6.45, 7) is 2.80. The van der Waals surface area contributed by atoms with Crippen LogP contribution in [0.4, 0.5) is 0 Å². The van der Waals surface area contributed by atoms with Crippen molar-refractivity contribution in [2.75, 3.05) is 33.2 Å². The summed E-state index contributed by atoms with van der Waals surface area (Å²) in [7, 11) is 2.04. The summed E-state index contributed by atoms with van der Waals surface area (Å²) < 4.78 is 0.846. The molecule has 1 unspecified atom stereocenters. The van der Waals surface area contributed by atoms with Crippen molar-refractivity contribution in [2.45, 2.75) is 6.04 Å². The average Bonchev–Trinajstić information content (AvgIpc) is 2.40. The van der Waals surface area contributed by atoms with Gasteiger partial charge in [-0.05, 0) is 25.2 Å². The second kappa shape index (κ2) is 6.22. The Morgan fingerprint density at radius 3 is 2.95 bits per heavy atom. The van der Waals surface area contributed by atoms with Crippen molar-refractivity contribution in [1.82, 2.24) is 9.80 Å². The molecule has 0 bridgehead atoms. The van der Waals surface area contributed by atoms with Gasteiger partial charge >= 0.3 is 0 Å². The summed E-state index contributed by atoms with van der Waals surface area (Å²) in [5.41, 5.74) is 6.30. The van der Waals surface area contributed by atoms with Gasteiger partial charge in [-0.1, -0.05) is 27.5 Å². The summed E-state index contributed by atoms with van der Waals surface area (Å²) in [6, 6.07) is 5.35. The Balaban J connectivity index is 2.25. The Kier molecular flexibility index (Phi) is 4.84. The molecular formula is C13H17BrClN3O. The number of halogens is 2. The monoisotopic (exact) mass is 345 g/mol. The molecule has 1 heterocycles. The molecule has 1 aliphatic heterocycles. The predicted molar refractivity (Wildman–Crippen MR) is 80.5 cm³/mol. The molecule has 1 aliphatic rings. The average molecular weight is 347 g/mol. The third-order valence-electron chi connectivity index (χ3n) is 3.38. The number of carbonyl (C=O) groups excluding carboxylic acids is 1. The van der Waals surface area contributed by atoms with E-state index in [-0.39, 0.29) is 11.9 Å². The SMILES string of the molecule is CN1CCN(C(=O)c2cc(Br)ccc2Cl)C(CN)C1. The quantitative estimate of drug-likeness (QED) is 0.888. The highest BCUT2D eigenvalue weighted by Crippen LogP contribution is 2.24. The minimum absolute atomic E-state index is 0.0429. The molecule has 0 aliphatic carbocycles. The number of piperazine rings is 1. The third-order valence-corrected chi connectivity index (χ3v) is 4.20. The summed E-state index contributed by atoms with van der Waals surface area (Å²) in [5.74, 6) is -0.0464. The zero-order valence-electron chi connectivity index (χ0n) is 10.8. The number of hydrogen-bond acceptors (Lipinski definition) is 3. The van der Waals surface area contributed by atoms with Crippen molar-refractivity contribution in [3.8, 4) is 0 Å². The van der Waals surface area contributed by atoms with Crippen LogP contribution in [0, 0.1) is 0 Å². The molecule has 0 saturated carbocycles. The first kappa shape index (κ1) is 14.8. The van der Waals surface area contributed by atoms with Gasteiger partial charge in [0.05, 0.1) is 16.6 Å². The van der Waals surface area contributed by atoms with Crippen molar-refractivity contribution in [1.29, 1.82) is 0 Å². The molecule has 4 nitrogen and oxygen atoms in total. The molecule has 1 fully saturated rings. The van der Waals surface area contributed by atoms with E-state index in [2.05, 4.69) is 20.8 Å². The first-order valence-electron chi connectivity index (χ1n) is 6.17. The lowest BCUT2D eigenvalue weighted by molar-refractivity contribution is 0.0516. The summed E-state index contributed by atoms with van der Waals surface area (Å²) in [6.07, 6.45) is 0. The van der Waals surface area contributed by atoms with Crippen LogP contribution >= 0.6 is 27.5 Å². The van der Waals surface area contributed by atoms with E-state index in [9.17, 15) is 4.79 Å². The van der Waals surface area contributed by atoms with Crippen LogP contribution in [0.3, 0.4) is 0 Å². The molecule has 1 amide bonds. The molecule has 0 spiro atoms. The summed E-state index contributed by atoms with van der Waals surface area (Å²) in [4.78, 5) is 16.6. The Labute approximate surface area is 126 Å². The van der Waals surface area contributed by atoms with E-state index in [0.29, 0.717) is 23.7 Å². The van der Waals surface area contributed by atoms with Crippen molar-refractivity contribution >= 4 is 33.4 Å². The lowest BCUT2D eigenvalue weighted by Gasteiger charge is -2.39. The first-order valence-corrected chi connectivity index (χ1v) is 7.34. The second-order valence-electron chi connectivity index (χ2n) is 4.77. The van der Waals surface area contributed by atoms with E-state index in [1.807, 2.05) is 18.0 Å². The fourth-order valence-corrected chi connectivity index (χ4v) is 2.86. The van der Waals surface area contributed by atoms with E-state index < -0.39 is 0 Å². The van der Waals surface area contributed by atoms with Crippen molar-refractivity contribution in [3.05, 3.63) is 33.3 Å². The van der Waals surface area contributed by atoms with Crippen LogP contribution in [-0.4, -0.2) is 55.0 Å². The van der Waals surface area contributed by atoms with Gasteiger partial charge in [-0.2, -0.15) is 0 Å². The van der Waals surface area contributed by atoms with Gasteiger partial charge in [0.15, 0.2) is 0 Å². The zero-order valence-corrected chi connectivity index (χ0v) is 13.1. The number of nitrogens with two attached hydrogens (primary N) is 1. The molecule has 1 aromatic rings. The number of carbonyl (C=O) groups is 1. The number of rotatable bonds is 2. The third kappa shape index (κ3) is 3.28. The van der Waals surface area contributed by atoms with Crippen LogP contribution in [0.1, 0.15) is 10.4 Å². The minimum atomic E-state index is -0.0464. The summed E-state index contributed by atoms with van der Waals surface area (Å²) in [5, 5.41) is 0.475. The maximum atomic E-state index is 12.6. The maximum absolute atomic E-state index is 12.6. The highest BCUT2D eigenvalue weighted by atomic mass is 79.9. The fourth-order valence-electron chi connectivity index (χ4n) is 2.30. The first-order chi connectivity index (χ1) is 9.02. The van der Waals surface area contributed by atoms with E-state index in [1.54, 1.807) is 12.1 Å². The fraction of sp³-hybridized carbons (Fsp3) is 0.462. The van der Waals surface area contributed by atoms with Crippen molar-refractivity contribution in [2.24, 2.45) is 5.73 Å². The van der Waals surface area contributed by atoms with E-state index in [0.717, 1.165) is 17.6 Å². The highest BCUT2D eigenvalue weighted by molar-refractivity contribution is 9.10. The minimum Gasteiger partial charge on any atom is -0.332 e. The smallest absolute Gasteiger partial charge is 0.255 e. The highest BCUT2D eigenvalue weighted by Gasteiger charge is 2.29. The molecule has 0 aromatic heterocycles. The second-order valence-corrected chi connectivity index (χ2v) is 6.10. The summed E-state index contributed by atoms with van der Waals surface area (Å²) >= 11 is 9.49. The van der Waals surface area contributed by atoms with E-state index in [4.69, 9.17) is 17.3 Å². The molecule has 1 saturated heterocycles. The van der Waals surface area contributed by atoms with Gasteiger partial charge in [0.25, 0.3) is 5.91 Å². The van der Waals surface area contributed by atoms with Crippen molar-refractivity contribution in [3.63, 3.8) is 0 Å². The Bertz CT molecular complexity index is 483. The molecule has 6 heteroatoms. The Morgan fingerprint density at radius 2 is 2.26 bits per heavy atom. The standard InChI is InChI=1S/C13H17BrClN3O/c1-17-4-5-18(10(7-16)8-17)13(19)11-6-9(14)2-3-12(11)15/h2-3,6,10H,4-5,7-8,16H2,1H3. The number of benzene rings is 1. The van der Waals surface area contributed by atoms with Gasteiger partial charge in [0.1, 0.15) is 0 Å². The van der Waals surface area contributed by atoms with E-state index >= 15 is 0 Å². The largest absolute Gasteiger partial charge is 0.332 e. The lowest BCUT2D eigenvalue weighted by atomic mass is 10.1. The molecule has 2 rings (SSSR count). The van der Waals surface area contributed by atoms with Crippen LogP contribution in [0.15, 0.2) is 22.7 Å². The lowest BCUT2D eigenvalue weighted by Crippen LogP contribution is -2.56. The number of amides is 1. The van der Waals surface area contributed by atoms with Crippen LogP contribution in [0.25, 0.3) is 0 Å². The molecule has 2 N–H and O–H groups in total. The predicted octanol–water partition coefficient (Wildman–Crippen LogP) is 1.82. The molecule has 104 valence electrons. The number of likely N-dealkylation sites (N-methyl/N-ethyl adjacent to an activating group) is 1. The van der Waals surface area contributed by atoms with E-state index in [1.165, 1.54) is 0 Å². The van der Waals surface area contributed by atoms with Gasteiger partial charge in [0, 0.05) is 30.7 Å². The Hall–Kier alpha value is -0.620. The van der Waals surface area contributed by atoms with Crippen LogP contribution in [0.5, 0.6) is 0 Å². The van der Waals surface area contributed by atoms with Crippen molar-refractivity contribution < 1.29 is 4.79 Å². The molecule has 0 radical (unpaired) electrons. The molecule has 19 heavy (non-hydrogen) atoms. The molecule has 1 atom stereocenters. The molecule has 1 aromatic carbocycles. The number of nitrogens with zero attached hydrogens (tertiary/aromatic N) is 2. The van der Waals surface area contributed by atoms with Gasteiger partial charge in [-0.25, -0.2) is 0 Å². The zero-order chi connectivity index (χ0) is 14.0. The van der Waals surface area contributed by atoms with Crippen LogP contribution < -0.4 is 5.73 Å². The maximum Gasteiger partial charge on any atom is 0.255 e. The topological polar surface area (TPSA) is 49.6 Å². The Morgan fingerprint density at radius 1 is 1.53 bits per heavy atom. The van der Waals surface area contributed by atoms with Crippen LogP contribution in [0.2, 0.25) is 5.02 Å². The number of hydrogen-bond donors (Lipinski definition) is 1. The van der Waals surface area contributed by atoms with Gasteiger partial charge in [-0.3, -0.25) is 4.79 Å². The van der Waals surface area contributed by atoms with Gasteiger partial charge < -0.3 is 15.5 Å². The van der Waals surface area contributed by atoms with Crippen LogP contribution in [-0.2, 0) is 0 Å². The van der Waals surface area contributed by atoms with Gasteiger partial charge in [-0.15, -0.1) is 0 Å². The molecular weight excluding hydrogens is 330 g/mol. The normalized spacial score (nSPS) is 20.6. The van der Waals surface area contributed by atoms with Gasteiger partial charge in [0.2, 0.25) is 0 Å².